The van der Waals surface area contributed by atoms with Crippen LogP contribution in [-0.2, 0) is 23.9 Å². The number of allylic oxidation sites excluding steroid dienone is 7. The molecule has 8 heteroatoms. The Balaban J connectivity index is 1.35. The molecule has 1 heterocycles. The average molecular weight is 564 g/mol. The number of hydrogen-bond acceptors (Lipinski definition) is 7. The molecule has 0 aromatic rings. The summed E-state index contributed by atoms with van der Waals surface area (Å²) in [4.78, 5) is 50.4. The Labute approximate surface area is 241 Å². The van der Waals surface area contributed by atoms with Crippen LogP contribution in [0.3, 0.4) is 0 Å². The summed E-state index contributed by atoms with van der Waals surface area (Å²) in [6.45, 7) is 13.1. The molecule has 6 aliphatic rings. The van der Waals surface area contributed by atoms with Gasteiger partial charge in [-0.25, -0.2) is 0 Å². The maximum atomic E-state index is 13.6. The number of rotatable bonds is 2. The number of aliphatic hydroxyl groups is 1. The first-order valence-corrected chi connectivity index (χ1v) is 14.9. The van der Waals surface area contributed by atoms with Gasteiger partial charge in [-0.3, -0.25) is 24.4 Å². The van der Waals surface area contributed by atoms with Crippen molar-refractivity contribution < 1.29 is 34.2 Å². The molecule has 1 saturated heterocycles. The van der Waals surface area contributed by atoms with E-state index in [0.29, 0.717) is 18.4 Å². The number of carbonyl (C=O) groups excluding carboxylic acids is 4. The molecule has 41 heavy (non-hydrogen) atoms. The zero-order valence-electron chi connectivity index (χ0n) is 24.9. The third-order valence-corrected chi connectivity index (χ3v) is 12.7. The maximum absolute atomic E-state index is 13.6. The fourth-order valence-electron chi connectivity index (χ4n) is 9.60. The molecule has 2 amide bonds. The summed E-state index contributed by atoms with van der Waals surface area (Å²) in [7, 11) is 0. The number of hydroxylamine groups is 2. The number of fused-ring (bicyclic) bond motifs is 7. The van der Waals surface area contributed by atoms with Gasteiger partial charge >= 0.3 is 5.97 Å². The fraction of sp³-hybridized carbons (Fsp3) is 0.636. The molecular weight excluding hydrogens is 522 g/mol. The number of aliphatic hydroxyl groups excluding tert-OH is 1. The second-order valence-electron chi connectivity index (χ2n) is 14.8. The maximum Gasteiger partial charge on any atom is 0.312 e. The molecule has 0 aromatic heterocycles. The first-order chi connectivity index (χ1) is 19.0. The van der Waals surface area contributed by atoms with Crippen molar-refractivity contribution in [3.05, 3.63) is 46.3 Å². The molecule has 2 N–H and O–H groups in total. The van der Waals surface area contributed by atoms with Gasteiger partial charge in [0.05, 0.1) is 11.8 Å². The van der Waals surface area contributed by atoms with Crippen LogP contribution in [-0.4, -0.2) is 45.0 Å². The minimum atomic E-state index is -1.27. The SMILES string of the molecule is CC1=C(O)C(=O)C=C2C1=CC=C1[C@@]2(C)CC[C@@]2(C)[C@@H]3C[C@](C)(C(=O)OC4CC(=O)N(O)C4=O)CC[C@]3(C)CC[C@]12C. The van der Waals surface area contributed by atoms with E-state index in [4.69, 9.17) is 4.74 Å². The molecule has 0 aromatic carbocycles. The molecule has 7 atom stereocenters. The van der Waals surface area contributed by atoms with Crippen molar-refractivity contribution in [2.45, 2.75) is 99.0 Å². The minimum Gasteiger partial charge on any atom is -0.504 e. The smallest absolute Gasteiger partial charge is 0.312 e. The predicted octanol–water partition coefficient (Wildman–Crippen LogP) is 5.67. The third-order valence-electron chi connectivity index (χ3n) is 12.7. The molecule has 0 spiro atoms. The Hall–Kier alpha value is -3.00. The molecule has 220 valence electrons. The van der Waals surface area contributed by atoms with Crippen molar-refractivity contribution in [1.82, 2.24) is 5.06 Å². The highest BCUT2D eigenvalue weighted by molar-refractivity contribution is 6.06. The van der Waals surface area contributed by atoms with Crippen molar-refractivity contribution in [2.75, 3.05) is 0 Å². The van der Waals surface area contributed by atoms with Crippen LogP contribution < -0.4 is 0 Å². The monoisotopic (exact) mass is 563 g/mol. The number of nitrogens with zero attached hydrogens (tertiary/aromatic N) is 1. The van der Waals surface area contributed by atoms with Gasteiger partial charge in [0.2, 0.25) is 5.78 Å². The molecule has 3 saturated carbocycles. The first-order valence-electron chi connectivity index (χ1n) is 14.9. The van der Waals surface area contributed by atoms with E-state index < -0.39 is 29.3 Å². The summed E-state index contributed by atoms with van der Waals surface area (Å²) >= 11 is 0. The lowest BCUT2D eigenvalue weighted by Gasteiger charge is -2.70. The molecule has 1 unspecified atom stereocenters. The summed E-state index contributed by atoms with van der Waals surface area (Å²) < 4.78 is 5.61. The van der Waals surface area contributed by atoms with E-state index in [9.17, 15) is 29.5 Å². The van der Waals surface area contributed by atoms with Crippen LogP contribution in [0.25, 0.3) is 0 Å². The molecule has 0 bridgehead atoms. The molecule has 0 radical (unpaired) electrons. The Bertz CT molecular complexity index is 1430. The van der Waals surface area contributed by atoms with E-state index in [1.807, 2.05) is 13.8 Å². The summed E-state index contributed by atoms with van der Waals surface area (Å²) in [6.07, 6.45) is 10.3. The minimum absolute atomic E-state index is 0.0459. The third kappa shape index (κ3) is 3.55. The van der Waals surface area contributed by atoms with Gasteiger partial charge in [-0.1, -0.05) is 45.4 Å². The quantitative estimate of drug-likeness (QED) is 0.252. The Morgan fingerprint density at radius 2 is 1.66 bits per heavy atom. The normalized spacial score (nSPS) is 43.8. The largest absolute Gasteiger partial charge is 0.504 e. The highest BCUT2D eigenvalue weighted by Gasteiger charge is 2.67. The molecule has 8 nitrogen and oxygen atoms in total. The van der Waals surface area contributed by atoms with E-state index in [-0.39, 0.29) is 50.6 Å². The van der Waals surface area contributed by atoms with Crippen LogP contribution in [0.5, 0.6) is 0 Å². The number of hydrogen-bond donors (Lipinski definition) is 2. The van der Waals surface area contributed by atoms with Crippen molar-refractivity contribution >= 4 is 23.6 Å². The van der Waals surface area contributed by atoms with Crippen molar-refractivity contribution in [3.8, 4) is 0 Å². The number of ketones is 1. The lowest BCUT2D eigenvalue weighted by atomic mass is 9.34. The van der Waals surface area contributed by atoms with E-state index >= 15 is 0 Å². The van der Waals surface area contributed by atoms with E-state index in [2.05, 4.69) is 39.8 Å². The lowest BCUT2D eigenvalue weighted by molar-refractivity contribution is -0.189. The summed E-state index contributed by atoms with van der Waals surface area (Å²) in [5.74, 6) is -2.43. The fourth-order valence-corrected chi connectivity index (χ4v) is 9.60. The zero-order valence-corrected chi connectivity index (χ0v) is 24.9. The van der Waals surface area contributed by atoms with Gasteiger partial charge in [-0.2, -0.15) is 5.06 Å². The summed E-state index contributed by atoms with van der Waals surface area (Å²) in [5.41, 5.74) is 2.48. The highest BCUT2D eigenvalue weighted by atomic mass is 16.6. The molecule has 5 aliphatic carbocycles. The Morgan fingerprint density at radius 1 is 0.976 bits per heavy atom. The second-order valence-corrected chi connectivity index (χ2v) is 14.8. The number of imide groups is 1. The van der Waals surface area contributed by atoms with Gasteiger partial charge in [-0.15, -0.1) is 0 Å². The molecule has 1 aliphatic heterocycles. The Morgan fingerprint density at radius 3 is 2.32 bits per heavy atom. The van der Waals surface area contributed by atoms with Crippen molar-refractivity contribution in [3.63, 3.8) is 0 Å². The molecule has 6 rings (SSSR count). The summed E-state index contributed by atoms with van der Waals surface area (Å²) in [5, 5.41) is 20.0. The van der Waals surface area contributed by atoms with Crippen LogP contribution in [0.2, 0.25) is 0 Å². The van der Waals surface area contributed by atoms with Crippen molar-refractivity contribution in [1.29, 1.82) is 0 Å². The molecular formula is C33H41NO7. The summed E-state index contributed by atoms with van der Waals surface area (Å²) in [6, 6.07) is 0. The van der Waals surface area contributed by atoms with E-state index in [1.54, 1.807) is 6.08 Å². The van der Waals surface area contributed by atoms with Crippen LogP contribution >= 0.6 is 0 Å². The predicted molar refractivity (Wildman–Crippen MR) is 149 cm³/mol. The topological polar surface area (TPSA) is 121 Å². The van der Waals surface area contributed by atoms with Gasteiger partial charge in [0.1, 0.15) is 0 Å². The van der Waals surface area contributed by atoms with Crippen LogP contribution in [0.4, 0.5) is 0 Å². The van der Waals surface area contributed by atoms with E-state index in [0.717, 1.165) is 43.3 Å². The van der Waals surface area contributed by atoms with Crippen LogP contribution in [0, 0.1) is 33.0 Å². The highest BCUT2D eigenvalue weighted by Crippen LogP contribution is 2.75. The standard InChI is InChI=1S/C33H41NO7/c1-18-19-7-8-23-31(4,20(19)15-21(35)26(18)37)12-14-33(6)24-17-30(3,10-9-29(24,2)11-13-32(23,33)5)28(39)41-22-16-25(36)34(40)27(22)38/h7-8,15,22,24,37,40H,9-14,16-17H2,1-6H3/t22?,24-,29-,30-,31+,32-,33+/m1/s1. The number of amides is 2. The van der Waals surface area contributed by atoms with Crippen LogP contribution in [0.15, 0.2) is 46.3 Å². The van der Waals surface area contributed by atoms with Gasteiger partial charge in [0.25, 0.3) is 11.8 Å². The average Bonchev–Trinajstić information content (AvgIpc) is 3.16. The van der Waals surface area contributed by atoms with E-state index in [1.165, 1.54) is 5.57 Å². The van der Waals surface area contributed by atoms with Crippen LogP contribution in [0.1, 0.15) is 92.9 Å². The number of ether oxygens (including phenoxy) is 1. The second kappa shape index (κ2) is 8.52. The van der Waals surface area contributed by atoms with Gasteiger partial charge < -0.3 is 9.84 Å². The first kappa shape index (κ1) is 28.1. The van der Waals surface area contributed by atoms with Crippen molar-refractivity contribution in [2.24, 2.45) is 33.0 Å². The zero-order chi connectivity index (χ0) is 29.9. The lowest BCUT2D eigenvalue weighted by Crippen LogP contribution is -2.62. The molecule has 4 fully saturated rings. The van der Waals surface area contributed by atoms with Gasteiger partial charge in [0.15, 0.2) is 11.9 Å². The number of carbonyl (C=O) groups is 4. The van der Waals surface area contributed by atoms with Gasteiger partial charge in [0, 0.05) is 11.0 Å². The number of esters is 1. The van der Waals surface area contributed by atoms with Gasteiger partial charge in [-0.05, 0) is 98.2 Å². The Kier molecular flexibility index (Phi) is 5.85.